The molecule has 1 unspecified atom stereocenters. The summed E-state index contributed by atoms with van der Waals surface area (Å²) in [6.45, 7) is 2.72. The summed E-state index contributed by atoms with van der Waals surface area (Å²) >= 11 is 0. The Labute approximate surface area is 147 Å². The zero-order valence-corrected chi connectivity index (χ0v) is 15.0. The van der Waals surface area contributed by atoms with Crippen molar-refractivity contribution in [2.45, 2.75) is 36.7 Å². The van der Waals surface area contributed by atoms with Gasteiger partial charge in [-0.05, 0) is 44.0 Å². The van der Waals surface area contributed by atoms with E-state index in [1.165, 1.54) is 16.8 Å². The van der Waals surface area contributed by atoms with Crippen LogP contribution in [0, 0.1) is 0 Å². The SMILES string of the molecule is CC(O)(CNc1ncccc1S(=O)(=O)N1CCCCC1)c1ccco1. The molecule has 2 aromatic rings. The number of nitrogens with zero attached hydrogens (tertiary/aromatic N) is 2. The molecule has 1 saturated heterocycles. The van der Waals surface area contributed by atoms with Gasteiger partial charge in [0.15, 0.2) is 0 Å². The molecule has 7 nitrogen and oxygen atoms in total. The molecule has 0 aromatic carbocycles. The molecule has 3 heterocycles. The minimum Gasteiger partial charge on any atom is -0.466 e. The fourth-order valence-electron chi connectivity index (χ4n) is 2.90. The molecule has 0 bridgehead atoms. The van der Waals surface area contributed by atoms with Crippen molar-refractivity contribution >= 4 is 15.8 Å². The molecule has 1 aliphatic rings. The van der Waals surface area contributed by atoms with E-state index in [1.807, 2.05) is 0 Å². The number of hydrogen-bond donors (Lipinski definition) is 2. The van der Waals surface area contributed by atoms with Crippen LogP contribution in [0.3, 0.4) is 0 Å². The number of furan rings is 1. The molecule has 136 valence electrons. The average molecular weight is 365 g/mol. The van der Waals surface area contributed by atoms with Gasteiger partial charge in [0.25, 0.3) is 0 Å². The minimum atomic E-state index is -3.61. The first-order valence-corrected chi connectivity index (χ1v) is 9.81. The second kappa shape index (κ2) is 7.15. The highest BCUT2D eigenvalue weighted by molar-refractivity contribution is 7.89. The Hall–Kier alpha value is -1.90. The third-order valence-corrected chi connectivity index (χ3v) is 6.29. The van der Waals surface area contributed by atoms with Crippen molar-refractivity contribution in [3.63, 3.8) is 0 Å². The summed E-state index contributed by atoms with van der Waals surface area (Å²) in [4.78, 5) is 4.30. The Morgan fingerprint density at radius 3 is 2.72 bits per heavy atom. The van der Waals surface area contributed by atoms with Crippen LogP contribution < -0.4 is 5.32 Å². The molecule has 25 heavy (non-hydrogen) atoms. The van der Waals surface area contributed by atoms with Gasteiger partial charge in [-0.2, -0.15) is 4.31 Å². The van der Waals surface area contributed by atoms with Gasteiger partial charge in [-0.1, -0.05) is 6.42 Å². The number of piperidine rings is 1. The maximum atomic E-state index is 12.9. The van der Waals surface area contributed by atoms with Crippen LogP contribution in [0.1, 0.15) is 31.9 Å². The third kappa shape index (κ3) is 3.86. The lowest BCUT2D eigenvalue weighted by molar-refractivity contribution is 0.0475. The lowest BCUT2D eigenvalue weighted by Gasteiger charge is -2.27. The maximum absolute atomic E-state index is 12.9. The number of aliphatic hydroxyl groups is 1. The van der Waals surface area contributed by atoms with Crippen LogP contribution in [0.2, 0.25) is 0 Å². The number of anilines is 1. The molecule has 1 fully saturated rings. The monoisotopic (exact) mass is 365 g/mol. The lowest BCUT2D eigenvalue weighted by Crippen LogP contribution is -2.36. The summed E-state index contributed by atoms with van der Waals surface area (Å²) in [7, 11) is -3.61. The van der Waals surface area contributed by atoms with Gasteiger partial charge in [-0.25, -0.2) is 13.4 Å². The minimum absolute atomic E-state index is 0.0695. The Balaban J connectivity index is 1.81. The Morgan fingerprint density at radius 1 is 1.28 bits per heavy atom. The van der Waals surface area contributed by atoms with Crippen LogP contribution in [0.4, 0.5) is 5.82 Å². The summed E-state index contributed by atoms with van der Waals surface area (Å²) in [5.41, 5.74) is -1.28. The number of aromatic nitrogens is 1. The fraction of sp³-hybridized carbons (Fsp3) is 0.471. The first-order chi connectivity index (χ1) is 11.9. The zero-order chi connectivity index (χ0) is 17.9. The van der Waals surface area contributed by atoms with Crippen LogP contribution >= 0.6 is 0 Å². The molecule has 8 heteroatoms. The Morgan fingerprint density at radius 2 is 2.04 bits per heavy atom. The van der Waals surface area contributed by atoms with Crippen molar-refractivity contribution in [3.8, 4) is 0 Å². The van der Waals surface area contributed by atoms with Crippen molar-refractivity contribution in [2.75, 3.05) is 25.0 Å². The van der Waals surface area contributed by atoms with Gasteiger partial charge in [0.1, 0.15) is 22.1 Å². The molecule has 0 amide bonds. The fourth-order valence-corrected chi connectivity index (χ4v) is 4.54. The van der Waals surface area contributed by atoms with Crippen LogP contribution in [-0.2, 0) is 15.6 Å². The number of pyridine rings is 1. The summed E-state index contributed by atoms with van der Waals surface area (Å²) in [6, 6.07) is 6.51. The second-order valence-electron chi connectivity index (χ2n) is 6.42. The first-order valence-electron chi connectivity index (χ1n) is 8.37. The van der Waals surface area contributed by atoms with Crippen molar-refractivity contribution in [1.29, 1.82) is 0 Å². The third-order valence-electron chi connectivity index (χ3n) is 4.36. The Kier molecular flexibility index (Phi) is 5.12. The summed E-state index contributed by atoms with van der Waals surface area (Å²) in [5.74, 6) is 0.635. The molecule has 3 rings (SSSR count). The van der Waals surface area contributed by atoms with Crippen molar-refractivity contribution < 1.29 is 17.9 Å². The van der Waals surface area contributed by atoms with E-state index >= 15 is 0 Å². The van der Waals surface area contributed by atoms with Crippen molar-refractivity contribution in [2.24, 2.45) is 0 Å². The normalized spacial score (nSPS) is 18.6. The first kappa shape index (κ1) is 17.9. The molecule has 2 aromatic heterocycles. The van der Waals surface area contributed by atoms with Gasteiger partial charge in [-0.15, -0.1) is 0 Å². The maximum Gasteiger partial charge on any atom is 0.246 e. The van der Waals surface area contributed by atoms with Crippen LogP contribution in [0.15, 0.2) is 46.0 Å². The molecular weight excluding hydrogens is 342 g/mol. The molecule has 2 N–H and O–H groups in total. The van der Waals surface area contributed by atoms with Crippen LogP contribution in [0.25, 0.3) is 0 Å². The summed E-state index contributed by atoms with van der Waals surface area (Å²) in [6.07, 6.45) is 5.80. The smallest absolute Gasteiger partial charge is 0.246 e. The number of rotatable bonds is 6. The molecule has 1 atom stereocenters. The molecule has 1 aliphatic heterocycles. The van der Waals surface area contributed by atoms with Crippen LogP contribution in [0.5, 0.6) is 0 Å². The molecule has 0 spiro atoms. The Bertz CT molecular complexity index is 797. The quantitative estimate of drug-likeness (QED) is 0.814. The lowest BCUT2D eigenvalue weighted by atomic mass is 10.0. The zero-order valence-electron chi connectivity index (χ0n) is 14.2. The van der Waals surface area contributed by atoms with Crippen molar-refractivity contribution in [3.05, 3.63) is 42.5 Å². The molecule has 0 aliphatic carbocycles. The highest BCUT2D eigenvalue weighted by Gasteiger charge is 2.31. The van der Waals surface area contributed by atoms with E-state index in [1.54, 1.807) is 31.2 Å². The van der Waals surface area contributed by atoms with E-state index < -0.39 is 15.6 Å². The average Bonchev–Trinajstić information content (AvgIpc) is 3.17. The molecular formula is C17H23N3O4S. The molecule has 0 saturated carbocycles. The largest absolute Gasteiger partial charge is 0.466 e. The van der Waals surface area contributed by atoms with Crippen LogP contribution in [-0.4, -0.2) is 42.4 Å². The van der Waals surface area contributed by atoms with Gasteiger partial charge in [-0.3, -0.25) is 0 Å². The van der Waals surface area contributed by atoms with Gasteiger partial charge in [0.2, 0.25) is 10.0 Å². The van der Waals surface area contributed by atoms with Crippen molar-refractivity contribution in [1.82, 2.24) is 9.29 Å². The highest BCUT2D eigenvalue weighted by atomic mass is 32.2. The van der Waals surface area contributed by atoms with Gasteiger partial charge < -0.3 is 14.8 Å². The highest BCUT2D eigenvalue weighted by Crippen LogP contribution is 2.27. The predicted molar refractivity (Wildman–Crippen MR) is 93.6 cm³/mol. The number of nitrogens with one attached hydrogen (secondary N) is 1. The predicted octanol–water partition coefficient (Wildman–Crippen LogP) is 2.17. The topological polar surface area (TPSA) is 95.7 Å². The summed E-state index contributed by atoms with van der Waals surface area (Å²) in [5, 5.41) is 13.5. The number of sulfonamides is 1. The number of hydrogen-bond acceptors (Lipinski definition) is 6. The van der Waals surface area contributed by atoms with E-state index in [0.717, 1.165) is 19.3 Å². The van der Waals surface area contributed by atoms with Gasteiger partial charge in [0.05, 0.1) is 12.8 Å². The second-order valence-corrected chi connectivity index (χ2v) is 8.33. The standard InChI is InChI=1S/C17H23N3O4S/c1-17(21,15-8-6-12-24-15)13-19-16-14(7-5-9-18-16)25(22,23)20-10-3-2-4-11-20/h5-9,12,21H,2-4,10-11,13H2,1H3,(H,18,19). The van der Waals surface area contributed by atoms with E-state index in [2.05, 4.69) is 10.3 Å². The van der Waals surface area contributed by atoms with Gasteiger partial charge in [0, 0.05) is 19.3 Å². The summed E-state index contributed by atoms with van der Waals surface area (Å²) < 4.78 is 32.6. The molecule has 0 radical (unpaired) electrons. The van der Waals surface area contributed by atoms with E-state index in [9.17, 15) is 13.5 Å². The van der Waals surface area contributed by atoms with Gasteiger partial charge >= 0.3 is 0 Å². The van der Waals surface area contributed by atoms with E-state index in [4.69, 9.17) is 4.42 Å². The van der Waals surface area contributed by atoms with E-state index in [-0.39, 0.29) is 17.3 Å². The van der Waals surface area contributed by atoms with E-state index in [0.29, 0.717) is 18.8 Å².